The lowest BCUT2D eigenvalue weighted by atomic mass is 10.1. The van der Waals surface area contributed by atoms with Crippen molar-refractivity contribution in [3.8, 4) is 0 Å². The van der Waals surface area contributed by atoms with E-state index in [1.807, 2.05) is 24.3 Å². The van der Waals surface area contributed by atoms with Gasteiger partial charge in [-0.05, 0) is 18.6 Å². The molecule has 2 N–H and O–H groups in total. The van der Waals surface area contributed by atoms with Gasteiger partial charge in [0.05, 0.1) is 13.0 Å². The van der Waals surface area contributed by atoms with Crippen LogP contribution in [0.15, 0.2) is 24.3 Å². The number of carbonyl (C=O) groups excluding carboxylic acids is 2. The zero-order valence-corrected chi connectivity index (χ0v) is 11.4. The quantitative estimate of drug-likeness (QED) is 0.581. The number of ether oxygens (including phenoxy) is 1. The number of amides is 1. The van der Waals surface area contributed by atoms with Crippen LogP contribution < -0.4 is 10.6 Å². The number of esters is 1. The van der Waals surface area contributed by atoms with E-state index in [2.05, 4.69) is 10.6 Å². The molecule has 5 heteroatoms. The first kappa shape index (κ1) is 15.2. The predicted molar refractivity (Wildman–Crippen MR) is 73.7 cm³/mol. The Morgan fingerprint density at radius 3 is 2.68 bits per heavy atom. The van der Waals surface area contributed by atoms with Crippen LogP contribution in [0.3, 0.4) is 0 Å². The van der Waals surface area contributed by atoms with Crippen LogP contribution in [-0.4, -0.2) is 25.0 Å². The maximum absolute atomic E-state index is 11.1. The van der Waals surface area contributed by atoms with Gasteiger partial charge in [0.15, 0.2) is 0 Å². The Labute approximate surface area is 113 Å². The lowest BCUT2D eigenvalue weighted by Crippen LogP contribution is -2.20. The maximum atomic E-state index is 11.1. The van der Waals surface area contributed by atoms with Crippen molar-refractivity contribution in [2.75, 3.05) is 18.5 Å². The number of hydrogen-bond acceptors (Lipinski definition) is 4. The number of para-hydroxylation sites is 1. The highest BCUT2D eigenvalue weighted by Crippen LogP contribution is 2.14. The molecule has 0 radical (unpaired) electrons. The summed E-state index contributed by atoms with van der Waals surface area (Å²) < 4.78 is 4.83. The highest BCUT2D eigenvalue weighted by molar-refractivity contribution is 5.89. The van der Waals surface area contributed by atoms with Gasteiger partial charge in [-0.15, -0.1) is 0 Å². The Balaban J connectivity index is 2.40. The van der Waals surface area contributed by atoms with Crippen LogP contribution in [0.5, 0.6) is 0 Å². The molecule has 0 aromatic heterocycles. The van der Waals surface area contributed by atoms with Crippen LogP contribution in [0.25, 0.3) is 0 Å². The van der Waals surface area contributed by atoms with E-state index in [0.29, 0.717) is 26.1 Å². The minimum Gasteiger partial charge on any atom is -0.466 e. The molecule has 0 bridgehead atoms. The molecule has 104 valence electrons. The van der Waals surface area contributed by atoms with Gasteiger partial charge in [0.1, 0.15) is 0 Å². The average Bonchev–Trinajstić information content (AvgIpc) is 2.36. The molecule has 0 fully saturated rings. The fourth-order valence-electron chi connectivity index (χ4n) is 1.63. The Hall–Kier alpha value is -1.88. The molecule has 19 heavy (non-hydrogen) atoms. The molecule has 1 aromatic carbocycles. The van der Waals surface area contributed by atoms with E-state index < -0.39 is 0 Å². The summed E-state index contributed by atoms with van der Waals surface area (Å²) in [5, 5.41) is 5.93. The summed E-state index contributed by atoms with van der Waals surface area (Å²) in [6, 6.07) is 7.56. The van der Waals surface area contributed by atoms with E-state index in [0.717, 1.165) is 11.3 Å². The van der Waals surface area contributed by atoms with Crippen molar-refractivity contribution in [1.29, 1.82) is 0 Å². The third-order valence-corrected chi connectivity index (χ3v) is 2.45. The number of hydrogen-bond donors (Lipinski definition) is 2. The fraction of sp³-hybridized carbons (Fsp3) is 0.429. The molecule has 0 aliphatic heterocycles. The summed E-state index contributed by atoms with van der Waals surface area (Å²) in [5.41, 5.74) is 1.78. The van der Waals surface area contributed by atoms with Gasteiger partial charge in [-0.25, -0.2) is 0 Å². The molecule has 1 rings (SSSR count). The van der Waals surface area contributed by atoms with Gasteiger partial charge in [-0.2, -0.15) is 0 Å². The van der Waals surface area contributed by atoms with E-state index in [1.54, 1.807) is 6.92 Å². The van der Waals surface area contributed by atoms with Gasteiger partial charge in [-0.1, -0.05) is 18.2 Å². The zero-order chi connectivity index (χ0) is 14.1. The van der Waals surface area contributed by atoms with Gasteiger partial charge in [-0.3, -0.25) is 9.59 Å². The second kappa shape index (κ2) is 8.26. The smallest absolute Gasteiger partial charge is 0.307 e. The molecular weight excluding hydrogens is 244 g/mol. The Morgan fingerprint density at radius 2 is 2.00 bits per heavy atom. The van der Waals surface area contributed by atoms with Crippen LogP contribution in [0.1, 0.15) is 25.8 Å². The first-order valence-corrected chi connectivity index (χ1v) is 6.35. The van der Waals surface area contributed by atoms with E-state index in [1.165, 1.54) is 6.92 Å². The molecule has 0 aliphatic carbocycles. The maximum Gasteiger partial charge on any atom is 0.307 e. The van der Waals surface area contributed by atoms with Gasteiger partial charge in [0.2, 0.25) is 5.91 Å². The molecular formula is C14H20N2O3. The summed E-state index contributed by atoms with van der Waals surface area (Å²) in [6.07, 6.45) is 0.343. The van der Waals surface area contributed by atoms with Crippen molar-refractivity contribution in [2.45, 2.75) is 26.8 Å². The summed E-state index contributed by atoms with van der Waals surface area (Å²) in [5.74, 6) is -0.302. The van der Waals surface area contributed by atoms with Crippen LogP contribution in [0, 0.1) is 0 Å². The van der Waals surface area contributed by atoms with Crippen molar-refractivity contribution in [3.63, 3.8) is 0 Å². The second-order valence-electron chi connectivity index (χ2n) is 4.07. The molecule has 0 saturated heterocycles. The van der Waals surface area contributed by atoms with Crippen molar-refractivity contribution >= 4 is 17.6 Å². The highest BCUT2D eigenvalue weighted by Gasteiger charge is 2.04. The summed E-state index contributed by atoms with van der Waals surface area (Å²) in [4.78, 5) is 22.2. The minimum atomic E-state index is -0.204. The van der Waals surface area contributed by atoms with Gasteiger partial charge < -0.3 is 15.4 Å². The highest BCUT2D eigenvalue weighted by atomic mass is 16.5. The van der Waals surface area contributed by atoms with E-state index in [4.69, 9.17) is 4.74 Å². The fourth-order valence-corrected chi connectivity index (χ4v) is 1.63. The number of benzene rings is 1. The molecule has 0 atom stereocenters. The Kier molecular flexibility index (Phi) is 6.60. The van der Waals surface area contributed by atoms with E-state index >= 15 is 0 Å². The van der Waals surface area contributed by atoms with Crippen LogP contribution in [0.4, 0.5) is 5.69 Å². The van der Waals surface area contributed by atoms with Gasteiger partial charge in [0.25, 0.3) is 0 Å². The molecule has 0 heterocycles. The van der Waals surface area contributed by atoms with E-state index in [-0.39, 0.29) is 11.9 Å². The minimum absolute atomic E-state index is 0.0982. The van der Waals surface area contributed by atoms with E-state index in [9.17, 15) is 9.59 Å². The monoisotopic (exact) mass is 264 g/mol. The number of rotatable bonds is 7. The normalized spacial score (nSPS) is 10.0. The number of anilines is 1. The Bertz CT molecular complexity index is 432. The van der Waals surface area contributed by atoms with Crippen molar-refractivity contribution in [2.24, 2.45) is 0 Å². The topological polar surface area (TPSA) is 67.4 Å². The number of nitrogens with one attached hydrogen (secondary N) is 2. The van der Waals surface area contributed by atoms with Gasteiger partial charge in [0, 0.05) is 25.7 Å². The average molecular weight is 264 g/mol. The third-order valence-electron chi connectivity index (χ3n) is 2.45. The van der Waals surface area contributed by atoms with Gasteiger partial charge >= 0.3 is 5.97 Å². The van der Waals surface area contributed by atoms with Crippen molar-refractivity contribution < 1.29 is 14.3 Å². The first-order chi connectivity index (χ1) is 9.13. The first-order valence-electron chi connectivity index (χ1n) is 6.35. The number of carbonyl (C=O) groups is 2. The van der Waals surface area contributed by atoms with Crippen molar-refractivity contribution in [3.05, 3.63) is 29.8 Å². The van der Waals surface area contributed by atoms with Crippen LogP contribution in [-0.2, 0) is 20.9 Å². The third kappa shape index (κ3) is 6.01. The van der Waals surface area contributed by atoms with Crippen molar-refractivity contribution in [1.82, 2.24) is 5.32 Å². The SMILES string of the molecule is CCOC(=O)CCNCc1ccccc1NC(C)=O. The lowest BCUT2D eigenvalue weighted by molar-refractivity contribution is -0.143. The summed E-state index contributed by atoms with van der Waals surface area (Å²) in [7, 11) is 0. The standard InChI is InChI=1S/C14H20N2O3/c1-3-19-14(18)8-9-15-10-12-6-4-5-7-13(12)16-11(2)17/h4-7,15H,3,8-10H2,1-2H3,(H,16,17). The predicted octanol–water partition coefficient (Wildman–Crippen LogP) is 1.69. The Morgan fingerprint density at radius 1 is 1.26 bits per heavy atom. The second-order valence-corrected chi connectivity index (χ2v) is 4.07. The lowest BCUT2D eigenvalue weighted by Gasteiger charge is -2.10. The summed E-state index contributed by atoms with van der Waals surface area (Å²) >= 11 is 0. The van der Waals surface area contributed by atoms with Crippen LogP contribution >= 0.6 is 0 Å². The largest absolute Gasteiger partial charge is 0.466 e. The molecule has 0 aliphatic rings. The molecule has 0 saturated carbocycles. The molecule has 5 nitrogen and oxygen atoms in total. The molecule has 1 aromatic rings. The molecule has 0 unspecified atom stereocenters. The summed E-state index contributed by atoms with van der Waals surface area (Å²) in [6.45, 7) is 4.81. The molecule has 1 amide bonds. The zero-order valence-electron chi connectivity index (χ0n) is 11.4. The van der Waals surface area contributed by atoms with Crippen LogP contribution in [0.2, 0.25) is 0 Å². The molecule has 0 spiro atoms.